The van der Waals surface area contributed by atoms with Gasteiger partial charge in [-0.1, -0.05) is 43.2 Å². The SMILES string of the molecule is O=C(NC(CN1CCCC1)c1ccccc1)NC1CCCCC1O. The zero-order valence-electron chi connectivity index (χ0n) is 14.3. The first-order valence-corrected chi connectivity index (χ1v) is 9.25. The van der Waals surface area contributed by atoms with Crippen LogP contribution in [0.1, 0.15) is 50.1 Å². The van der Waals surface area contributed by atoms with Crippen LogP contribution < -0.4 is 10.6 Å². The Morgan fingerprint density at radius 3 is 2.54 bits per heavy atom. The number of aliphatic hydroxyl groups excluding tert-OH is 1. The van der Waals surface area contributed by atoms with Crippen molar-refractivity contribution in [3.05, 3.63) is 35.9 Å². The number of hydrogen-bond acceptors (Lipinski definition) is 3. The van der Waals surface area contributed by atoms with E-state index >= 15 is 0 Å². The van der Waals surface area contributed by atoms with Crippen LogP contribution in [-0.2, 0) is 0 Å². The van der Waals surface area contributed by atoms with Crippen molar-refractivity contribution >= 4 is 6.03 Å². The maximum absolute atomic E-state index is 12.5. The number of likely N-dealkylation sites (tertiary alicyclic amines) is 1. The summed E-state index contributed by atoms with van der Waals surface area (Å²) in [5.74, 6) is 0. The molecule has 3 N–H and O–H groups in total. The first-order chi connectivity index (χ1) is 11.7. The summed E-state index contributed by atoms with van der Waals surface area (Å²) in [6.45, 7) is 3.05. The molecule has 1 heterocycles. The molecule has 2 fully saturated rings. The van der Waals surface area contributed by atoms with Crippen molar-refractivity contribution in [1.82, 2.24) is 15.5 Å². The van der Waals surface area contributed by atoms with Crippen LogP contribution in [0.15, 0.2) is 30.3 Å². The number of urea groups is 1. The lowest BCUT2D eigenvalue weighted by Crippen LogP contribution is -2.50. The van der Waals surface area contributed by atoms with Gasteiger partial charge in [0.05, 0.1) is 18.2 Å². The Kier molecular flexibility index (Phi) is 6.10. The maximum Gasteiger partial charge on any atom is 0.315 e. The van der Waals surface area contributed by atoms with Crippen molar-refractivity contribution in [2.45, 2.75) is 56.7 Å². The molecule has 1 saturated heterocycles. The fourth-order valence-corrected chi connectivity index (χ4v) is 3.79. The average Bonchev–Trinajstić information content (AvgIpc) is 3.10. The summed E-state index contributed by atoms with van der Waals surface area (Å²) in [5, 5.41) is 16.1. The normalized spacial score (nSPS) is 26.0. The molecule has 132 valence electrons. The van der Waals surface area contributed by atoms with Crippen molar-refractivity contribution < 1.29 is 9.90 Å². The number of aliphatic hydroxyl groups is 1. The third-order valence-corrected chi connectivity index (χ3v) is 5.19. The van der Waals surface area contributed by atoms with Gasteiger partial charge in [0.25, 0.3) is 0 Å². The van der Waals surface area contributed by atoms with Crippen LogP contribution in [0.4, 0.5) is 4.79 Å². The minimum Gasteiger partial charge on any atom is -0.391 e. The van der Waals surface area contributed by atoms with Crippen molar-refractivity contribution in [3.8, 4) is 0 Å². The molecule has 1 aromatic carbocycles. The molecule has 1 aromatic rings. The van der Waals surface area contributed by atoms with E-state index in [-0.39, 0.29) is 18.1 Å². The van der Waals surface area contributed by atoms with E-state index < -0.39 is 6.10 Å². The van der Waals surface area contributed by atoms with E-state index in [4.69, 9.17) is 0 Å². The summed E-state index contributed by atoms with van der Waals surface area (Å²) in [6.07, 6.45) is 5.81. The summed E-state index contributed by atoms with van der Waals surface area (Å²) in [6, 6.07) is 9.83. The lowest BCUT2D eigenvalue weighted by molar-refractivity contribution is 0.0938. The molecule has 24 heavy (non-hydrogen) atoms. The van der Waals surface area contributed by atoms with Gasteiger partial charge in [-0.05, 0) is 44.3 Å². The zero-order chi connectivity index (χ0) is 16.8. The number of nitrogens with zero attached hydrogens (tertiary/aromatic N) is 1. The predicted molar refractivity (Wildman–Crippen MR) is 94.8 cm³/mol. The summed E-state index contributed by atoms with van der Waals surface area (Å²) >= 11 is 0. The van der Waals surface area contributed by atoms with Crippen molar-refractivity contribution in [2.24, 2.45) is 0 Å². The molecule has 1 aliphatic carbocycles. The van der Waals surface area contributed by atoms with Crippen LogP contribution in [0.3, 0.4) is 0 Å². The van der Waals surface area contributed by atoms with E-state index in [2.05, 4.69) is 27.7 Å². The molecule has 0 aromatic heterocycles. The molecule has 5 nitrogen and oxygen atoms in total. The van der Waals surface area contributed by atoms with Crippen LogP contribution >= 0.6 is 0 Å². The Bertz CT molecular complexity index is 517. The molecule has 0 bridgehead atoms. The highest BCUT2D eigenvalue weighted by Gasteiger charge is 2.26. The minimum absolute atomic E-state index is 0.0231. The van der Waals surface area contributed by atoms with Gasteiger partial charge in [-0.15, -0.1) is 0 Å². The lowest BCUT2D eigenvalue weighted by Gasteiger charge is -2.30. The zero-order valence-corrected chi connectivity index (χ0v) is 14.3. The monoisotopic (exact) mass is 331 g/mol. The standard InChI is InChI=1S/C19H29N3O2/c23-18-11-5-4-10-16(18)20-19(24)21-17(14-22-12-6-7-13-22)15-8-2-1-3-9-15/h1-3,8-9,16-18,23H,4-7,10-14H2,(H2,20,21,24). The molecule has 3 rings (SSSR count). The van der Waals surface area contributed by atoms with Gasteiger partial charge in [0.15, 0.2) is 0 Å². The summed E-state index contributed by atoms with van der Waals surface area (Å²) in [7, 11) is 0. The van der Waals surface area contributed by atoms with Gasteiger partial charge < -0.3 is 20.6 Å². The largest absolute Gasteiger partial charge is 0.391 e. The number of amides is 2. The van der Waals surface area contributed by atoms with Crippen molar-refractivity contribution in [2.75, 3.05) is 19.6 Å². The highest BCUT2D eigenvalue weighted by molar-refractivity contribution is 5.75. The molecule has 0 radical (unpaired) electrons. The number of benzene rings is 1. The maximum atomic E-state index is 12.5. The summed E-state index contributed by atoms with van der Waals surface area (Å²) in [5.41, 5.74) is 1.13. The molecule has 3 atom stereocenters. The van der Waals surface area contributed by atoms with Gasteiger partial charge >= 0.3 is 6.03 Å². The molecule has 1 aliphatic heterocycles. The molecule has 2 aliphatic rings. The fraction of sp³-hybridized carbons (Fsp3) is 0.632. The van der Waals surface area contributed by atoms with Crippen molar-refractivity contribution in [3.63, 3.8) is 0 Å². The number of carbonyl (C=O) groups excluding carboxylic acids is 1. The highest BCUT2D eigenvalue weighted by Crippen LogP contribution is 2.20. The van der Waals surface area contributed by atoms with Crippen LogP contribution in [0.25, 0.3) is 0 Å². The number of hydrogen-bond donors (Lipinski definition) is 3. The van der Waals surface area contributed by atoms with E-state index in [0.717, 1.165) is 50.9 Å². The van der Waals surface area contributed by atoms with E-state index in [1.165, 1.54) is 12.8 Å². The predicted octanol–water partition coefficient (Wildman–Crippen LogP) is 2.43. The Morgan fingerprint density at radius 2 is 1.83 bits per heavy atom. The van der Waals surface area contributed by atoms with E-state index in [0.29, 0.717) is 0 Å². The van der Waals surface area contributed by atoms with E-state index in [1.54, 1.807) is 0 Å². The Hall–Kier alpha value is -1.59. The van der Waals surface area contributed by atoms with Gasteiger partial charge in [-0.2, -0.15) is 0 Å². The molecule has 1 saturated carbocycles. The third-order valence-electron chi connectivity index (χ3n) is 5.19. The first kappa shape index (κ1) is 17.2. The molecule has 2 amide bonds. The fourth-order valence-electron chi connectivity index (χ4n) is 3.79. The van der Waals surface area contributed by atoms with Crippen LogP contribution in [0.2, 0.25) is 0 Å². The van der Waals surface area contributed by atoms with Crippen molar-refractivity contribution in [1.29, 1.82) is 0 Å². The molecule has 0 spiro atoms. The second kappa shape index (κ2) is 8.49. The van der Waals surface area contributed by atoms with E-state index in [1.807, 2.05) is 18.2 Å². The van der Waals surface area contributed by atoms with Crippen LogP contribution in [0.5, 0.6) is 0 Å². The van der Waals surface area contributed by atoms with Gasteiger partial charge in [-0.3, -0.25) is 0 Å². The smallest absolute Gasteiger partial charge is 0.315 e. The quantitative estimate of drug-likeness (QED) is 0.776. The van der Waals surface area contributed by atoms with Crippen LogP contribution in [-0.4, -0.2) is 47.8 Å². The minimum atomic E-state index is -0.418. The summed E-state index contributed by atoms with van der Waals surface area (Å²) in [4.78, 5) is 14.9. The van der Waals surface area contributed by atoms with Gasteiger partial charge in [0, 0.05) is 6.54 Å². The summed E-state index contributed by atoms with van der Waals surface area (Å²) < 4.78 is 0. The Labute approximate surface area is 144 Å². The Balaban J connectivity index is 1.60. The first-order valence-electron chi connectivity index (χ1n) is 9.25. The topological polar surface area (TPSA) is 64.6 Å². The van der Waals surface area contributed by atoms with E-state index in [9.17, 15) is 9.90 Å². The number of carbonyl (C=O) groups is 1. The van der Waals surface area contributed by atoms with Gasteiger partial charge in [-0.25, -0.2) is 4.79 Å². The second-order valence-corrected chi connectivity index (χ2v) is 7.05. The highest BCUT2D eigenvalue weighted by atomic mass is 16.3. The average molecular weight is 331 g/mol. The lowest BCUT2D eigenvalue weighted by atomic mass is 9.93. The molecular formula is C19H29N3O2. The van der Waals surface area contributed by atoms with Gasteiger partial charge in [0.1, 0.15) is 0 Å². The Morgan fingerprint density at radius 1 is 1.12 bits per heavy atom. The van der Waals surface area contributed by atoms with Gasteiger partial charge in [0.2, 0.25) is 0 Å². The second-order valence-electron chi connectivity index (χ2n) is 7.05. The number of rotatable bonds is 5. The molecule has 3 unspecified atom stereocenters. The molecular weight excluding hydrogens is 302 g/mol. The van der Waals surface area contributed by atoms with Crippen LogP contribution in [0, 0.1) is 0 Å². The third kappa shape index (κ3) is 4.71. The molecule has 5 heteroatoms. The number of nitrogens with one attached hydrogen (secondary N) is 2.